The third-order valence-corrected chi connectivity index (χ3v) is 8.12. The van der Waals surface area contributed by atoms with E-state index in [-0.39, 0.29) is 7.69 Å². The maximum atomic E-state index is 7.00. The molecule has 0 spiro atoms. The lowest BCUT2D eigenvalue weighted by atomic mass is 10.0. The van der Waals surface area contributed by atoms with E-state index in [0.717, 1.165) is 13.1 Å². The predicted molar refractivity (Wildman–Crippen MR) is 187 cm³/mol. The Kier molecular flexibility index (Phi) is 54.8. The molecule has 0 atom stereocenters. The van der Waals surface area contributed by atoms with E-state index < -0.39 is 0 Å². The van der Waals surface area contributed by atoms with Crippen LogP contribution < -0.4 is 11.5 Å². The Labute approximate surface area is 261 Å². The minimum absolute atomic E-state index is 0. The van der Waals surface area contributed by atoms with Crippen LogP contribution in [0.3, 0.4) is 0 Å². The molecule has 0 aliphatic carbocycles. The van der Waals surface area contributed by atoms with Crippen LogP contribution in [0.1, 0.15) is 219 Å². The molecule has 0 amide bonds. The van der Waals surface area contributed by atoms with E-state index in [2.05, 4.69) is 13.8 Å². The molecule has 0 aromatic heterocycles. The lowest BCUT2D eigenvalue weighted by Gasteiger charge is -2.03. The van der Waals surface area contributed by atoms with Crippen LogP contribution in [0.25, 0.3) is 0 Å². The van der Waals surface area contributed by atoms with Crippen molar-refractivity contribution < 1.29 is 10.0 Å². The molecular weight excluding hydrogens is 503 g/mol. The highest BCUT2D eigenvalue weighted by atomic mass is 16.4. The zero-order valence-electron chi connectivity index (χ0n) is 28.7. The maximum absolute atomic E-state index is 7.00. The van der Waals surface area contributed by atoms with E-state index in [4.69, 9.17) is 21.5 Å². The quantitative estimate of drug-likeness (QED) is 0.0468. The molecule has 0 fully saturated rings. The van der Waals surface area contributed by atoms with Crippen LogP contribution in [-0.4, -0.2) is 30.8 Å². The summed E-state index contributed by atoms with van der Waals surface area (Å²) in [4.78, 5) is 0. The van der Waals surface area contributed by atoms with Gasteiger partial charge >= 0.3 is 7.69 Å². The van der Waals surface area contributed by atoms with Crippen molar-refractivity contribution in [1.29, 1.82) is 0 Å². The fourth-order valence-electron chi connectivity index (χ4n) is 5.38. The Morgan fingerprint density at radius 1 is 0.293 bits per heavy atom. The van der Waals surface area contributed by atoms with Crippen molar-refractivity contribution in [2.45, 2.75) is 219 Å². The lowest BCUT2D eigenvalue weighted by Crippen LogP contribution is -1.97. The van der Waals surface area contributed by atoms with Gasteiger partial charge in [0.25, 0.3) is 0 Å². The van der Waals surface area contributed by atoms with Gasteiger partial charge < -0.3 is 21.5 Å². The van der Waals surface area contributed by atoms with Gasteiger partial charge in [-0.25, -0.2) is 0 Å². The fourth-order valence-corrected chi connectivity index (χ4v) is 5.38. The summed E-state index contributed by atoms with van der Waals surface area (Å²) in [5.41, 5.74) is 11.0. The topological polar surface area (TPSA) is 92.5 Å². The monoisotopic (exact) mass is 584 g/mol. The molecule has 0 saturated heterocycles. The summed E-state index contributed by atoms with van der Waals surface area (Å²) in [5.74, 6) is 0. The highest BCUT2D eigenvalue weighted by Gasteiger charge is 1.95. The van der Waals surface area contributed by atoms with Crippen molar-refractivity contribution in [1.82, 2.24) is 0 Å². The Balaban J connectivity index is -0.000000642. The van der Waals surface area contributed by atoms with E-state index in [1.807, 2.05) is 0 Å². The molecule has 41 heavy (non-hydrogen) atoms. The van der Waals surface area contributed by atoms with Crippen LogP contribution in [0.5, 0.6) is 0 Å². The summed E-state index contributed by atoms with van der Waals surface area (Å²) in [6, 6.07) is 0. The molecule has 0 bridgehead atoms. The molecule has 6 N–H and O–H groups in total. The third-order valence-electron chi connectivity index (χ3n) is 8.12. The maximum Gasteiger partial charge on any atom is 0.482 e. The number of hydrogen-bond donors (Lipinski definition) is 4. The Bertz CT molecular complexity index is 323. The van der Waals surface area contributed by atoms with Gasteiger partial charge in [0.1, 0.15) is 0 Å². The number of hydrogen-bond acceptors (Lipinski definition) is 4. The first kappa shape index (κ1) is 45.3. The first-order valence-corrected chi connectivity index (χ1v) is 18.7. The molecule has 0 saturated carbocycles. The molecule has 0 unspecified atom stereocenters. The van der Waals surface area contributed by atoms with E-state index in [1.54, 1.807) is 0 Å². The van der Waals surface area contributed by atoms with E-state index in [1.165, 1.54) is 205 Å². The van der Waals surface area contributed by atoms with Crippen LogP contribution in [0.4, 0.5) is 0 Å². The molecule has 0 aromatic carbocycles. The van der Waals surface area contributed by atoms with Crippen LogP contribution in [0, 0.1) is 0 Å². The number of unbranched alkanes of at least 4 members (excludes halogenated alkanes) is 30. The van der Waals surface area contributed by atoms with Crippen molar-refractivity contribution in [2.24, 2.45) is 11.5 Å². The van der Waals surface area contributed by atoms with Crippen LogP contribution in [0.15, 0.2) is 0 Å². The minimum atomic E-state index is 0. The SMILES string of the molecule is CCCCCCCCCCCCCCCCCCN.CCCCCCCCCCCCCCCCCCN.O[B]O. The summed E-state index contributed by atoms with van der Waals surface area (Å²) >= 11 is 0. The molecule has 249 valence electrons. The van der Waals surface area contributed by atoms with Gasteiger partial charge in [0, 0.05) is 0 Å². The molecule has 0 aliphatic rings. The Morgan fingerprint density at radius 3 is 0.537 bits per heavy atom. The van der Waals surface area contributed by atoms with E-state index >= 15 is 0 Å². The molecular formula is C36H80BN2O2. The fraction of sp³-hybridized carbons (Fsp3) is 1.00. The van der Waals surface area contributed by atoms with Crippen molar-refractivity contribution in [3.05, 3.63) is 0 Å². The first-order valence-electron chi connectivity index (χ1n) is 18.7. The van der Waals surface area contributed by atoms with Gasteiger partial charge in [-0.2, -0.15) is 0 Å². The standard InChI is InChI=1S/2C18H39N.BH2O2/c2*1-2-3-4-5-6-7-8-9-10-11-12-13-14-15-16-17-18-19;2-1-3/h2*2-19H2,1H3;2-3H. The average Bonchev–Trinajstić information content (AvgIpc) is 2.98. The van der Waals surface area contributed by atoms with Crippen molar-refractivity contribution >= 4 is 7.69 Å². The smallest absolute Gasteiger partial charge is 0.429 e. The van der Waals surface area contributed by atoms with Gasteiger partial charge in [-0.1, -0.05) is 206 Å². The van der Waals surface area contributed by atoms with Gasteiger partial charge in [0.15, 0.2) is 0 Å². The lowest BCUT2D eigenvalue weighted by molar-refractivity contribution is 0.448. The summed E-state index contributed by atoms with van der Waals surface area (Å²) < 4.78 is 0. The Morgan fingerprint density at radius 2 is 0.415 bits per heavy atom. The molecule has 0 aromatic rings. The molecule has 4 nitrogen and oxygen atoms in total. The second-order valence-corrected chi connectivity index (χ2v) is 12.3. The summed E-state index contributed by atoms with van der Waals surface area (Å²) in [6.45, 7) is 6.33. The predicted octanol–water partition coefficient (Wildman–Crippen LogP) is 10.9. The molecule has 0 heterocycles. The van der Waals surface area contributed by atoms with E-state index in [9.17, 15) is 0 Å². The zero-order valence-corrected chi connectivity index (χ0v) is 28.7. The van der Waals surface area contributed by atoms with Gasteiger partial charge in [-0.05, 0) is 25.9 Å². The number of rotatable bonds is 32. The van der Waals surface area contributed by atoms with Gasteiger partial charge in [0.05, 0.1) is 0 Å². The second kappa shape index (κ2) is 49.6. The highest BCUT2D eigenvalue weighted by Crippen LogP contribution is 2.15. The zero-order chi connectivity index (χ0) is 30.7. The van der Waals surface area contributed by atoms with Gasteiger partial charge in [0.2, 0.25) is 0 Å². The first-order chi connectivity index (χ1) is 20.2. The number of nitrogens with two attached hydrogens (primary N) is 2. The third kappa shape index (κ3) is 56.3. The van der Waals surface area contributed by atoms with Gasteiger partial charge in [-0.15, -0.1) is 0 Å². The van der Waals surface area contributed by atoms with Crippen molar-refractivity contribution in [2.75, 3.05) is 13.1 Å². The van der Waals surface area contributed by atoms with Crippen LogP contribution >= 0.6 is 0 Å². The Hall–Kier alpha value is -0.0951. The van der Waals surface area contributed by atoms with Crippen LogP contribution in [0.2, 0.25) is 0 Å². The molecule has 5 heteroatoms. The normalized spacial score (nSPS) is 10.6. The molecule has 0 aliphatic heterocycles. The summed E-state index contributed by atoms with van der Waals surface area (Å²) in [6.07, 6.45) is 45.7. The molecule has 0 rings (SSSR count). The minimum Gasteiger partial charge on any atom is -0.429 e. The van der Waals surface area contributed by atoms with Crippen molar-refractivity contribution in [3.63, 3.8) is 0 Å². The summed E-state index contributed by atoms with van der Waals surface area (Å²) in [7, 11) is 0. The highest BCUT2D eigenvalue weighted by molar-refractivity contribution is 6.13. The largest absolute Gasteiger partial charge is 0.482 e. The average molecular weight is 584 g/mol. The van der Waals surface area contributed by atoms with Crippen molar-refractivity contribution in [3.8, 4) is 0 Å². The second-order valence-electron chi connectivity index (χ2n) is 12.3. The van der Waals surface area contributed by atoms with E-state index in [0.29, 0.717) is 0 Å². The summed E-state index contributed by atoms with van der Waals surface area (Å²) in [5, 5.41) is 14.0. The molecule has 1 radical (unpaired) electrons. The van der Waals surface area contributed by atoms with Crippen LogP contribution in [-0.2, 0) is 0 Å². The van der Waals surface area contributed by atoms with Gasteiger partial charge in [-0.3, -0.25) is 0 Å².